The molecule has 0 aliphatic carbocycles. The van der Waals surface area contributed by atoms with Crippen LogP contribution < -0.4 is 4.72 Å². The second kappa shape index (κ2) is 16.9. The molecular formula is C25H45NO2S. The van der Waals surface area contributed by atoms with Gasteiger partial charge in [0.05, 0.1) is 4.90 Å². The van der Waals surface area contributed by atoms with Gasteiger partial charge in [-0.25, -0.2) is 13.1 Å². The predicted octanol–water partition coefficient (Wildman–Crippen LogP) is 7.53. The number of hydrogen-bond acceptors (Lipinski definition) is 2. The number of rotatable bonds is 19. The fraction of sp³-hybridized carbons (Fsp3) is 0.760. The molecule has 0 bridgehead atoms. The molecule has 168 valence electrons. The Balaban J connectivity index is 1.87. The normalized spacial score (nSPS) is 11.8. The van der Waals surface area contributed by atoms with Crippen molar-refractivity contribution in [2.24, 2.45) is 0 Å². The van der Waals surface area contributed by atoms with Crippen molar-refractivity contribution in [2.75, 3.05) is 6.54 Å². The van der Waals surface area contributed by atoms with Gasteiger partial charge in [0.1, 0.15) is 0 Å². The summed E-state index contributed by atoms with van der Waals surface area (Å²) in [5.41, 5.74) is 0.798. The van der Waals surface area contributed by atoms with Gasteiger partial charge in [-0.1, -0.05) is 121 Å². The molecule has 1 aromatic rings. The number of benzene rings is 1. The van der Waals surface area contributed by atoms with Gasteiger partial charge < -0.3 is 0 Å². The highest BCUT2D eigenvalue weighted by Gasteiger charge is 2.14. The minimum absolute atomic E-state index is 0.400. The van der Waals surface area contributed by atoms with E-state index in [0.717, 1.165) is 18.4 Å². The van der Waals surface area contributed by atoms with Crippen LogP contribution in [0.15, 0.2) is 29.2 Å². The largest absolute Gasteiger partial charge is 0.240 e. The molecule has 0 saturated carbocycles. The summed E-state index contributed by atoms with van der Waals surface area (Å²) < 4.78 is 27.3. The lowest BCUT2D eigenvalue weighted by Gasteiger charge is -2.09. The van der Waals surface area contributed by atoms with Crippen LogP contribution in [0.5, 0.6) is 0 Å². The van der Waals surface area contributed by atoms with Crippen LogP contribution in [-0.2, 0) is 10.0 Å². The van der Waals surface area contributed by atoms with E-state index in [2.05, 4.69) is 11.6 Å². The molecule has 3 nitrogen and oxygen atoms in total. The van der Waals surface area contributed by atoms with Crippen molar-refractivity contribution in [3.63, 3.8) is 0 Å². The Bertz CT molecular complexity index is 613. The van der Waals surface area contributed by atoms with Crippen molar-refractivity contribution in [3.8, 4) is 0 Å². The van der Waals surface area contributed by atoms with Gasteiger partial charge in [0.2, 0.25) is 10.0 Å². The van der Waals surface area contributed by atoms with Gasteiger partial charge >= 0.3 is 0 Å². The second-order valence-electron chi connectivity index (χ2n) is 8.47. The Hall–Kier alpha value is -0.870. The fourth-order valence-corrected chi connectivity index (χ4v) is 5.13. The molecule has 0 radical (unpaired) electrons. The third kappa shape index (κ3) is 13.1. The van der Waals surface area contributed by atoms with E-state index in [1.807, 2.05) is 19.1 Å². The van der Waals surface area contributed by atoms with Crippen molar-refractivity contribution in [2.45, 2.75) is 121 Å². The van der Waals surface area contributed by atoms with Crippen LogP contribution >= 0.6 is 0 Å². The third-order valence-electron chi connectivity index (χ3n) is 5.71. The molecule has 29 heavy (non-hydrogen) atoms. The molecule has 0 aromatic heterocycles. The van der Waals surface area contributed by atoms with Crippen molar-refractivity contribution in [1.82, 2.24) is 4.72 Å². The average molecular weight is 424 g/mol. The molecule has 0 spiro atoms. The number of sulfonamides is 1. The van der Waals surface area contributed by atoms with Gasteiger partial charge in [-0.05, 0) is 25.0 Å². The van der Waals surface area contributed by atoms with E-state index in [4.69, 9.17) is 0 Å². The van der Waals surface area contributed by atoms with E-state index in [1.54, 1.807) is 12.1 Å². The number of unbranched alkanes of at least 4 members (excludes halogenated alkanes) is 15. The quantitative estimate of drug-likeness (QED) is 0.234. The average Bonchev–Trinajstić information content (AvgIpc) is 2.70. The lowest BCUT2D eigenvalue weighted by Crippen LogP contribution is -2.25. The monoisotopic (exact) mass is 423 g/mol. The number of hydrogen-bond donors (Lipinski definition) is 1. The first kappa shape index (κ1) is 26.2. The molecule has 0 aliphatic rings. The van der Waals surface area contributed by atoms with E-state index in [1.165, 1.54) is 89.9 Å². The molecule has 1 rings (SSSR count). The van der Waals surface area contributed by atoms with E-state index in [9.17, 15) is 8.42 Å². The zero-order valence-electron chi connectivity index (χ0n) is 19.1. The van der Waals surface area contributed by atoms with Crippen LogP contribution in [-0.4, -0.2) is 15.0 Å². The molecule has 0 aliphatic heterocycles. The summed E-state index contributed by atoms with van der Waals surface area (Å²) in [6.45, 7) is 4.65. The number of nitrogens with one attached hydrogen (secondary N) is 1. The summed E-state index contributed by atoms with van der Waals surface area (Å²) in [7, 11) is -3.36. The third-order valence-corrected chi connectivity index (χ3v) is 7.33. The van der Waals surface area contributed by atoms with Crippen molar-refractivity contribution in [3.05, 3.63) is 29.8 Å². The van der Waals surface area contributed by atoms with Crippen LogP contribution in [0.25, 0.3) is 0 Å². The highest BCUT2D eigenvalue weighted by Crippen LogP contribution is 2.15. The SMILES string of the molecule is CCCCCCCCCCCCCCCCCCNS(=O)(=O)c1ccccc1C. The highest BCUT2D eigenvalue weighted by molar-refractivity contribution is 7.89. The van der Waals surface area contributed by atoms with Crippen LogP contribution in [0.1, 0.15) is 115 Å². The molecule has 0 fully saturated rings. The summed E-state index contributed by atoms with van der Waals surface area (Å²) >= 11 is 0. The summed E-state index contributed by atoms with van der Waals surface area (Å²) in [4.78, 5) is 0.400. The van der Waals surface area contributed by atoms with Crippen LogP contribution in [0.2, 0.25) is 0 Å². The Morgan fingerprint density at radius 1 is 0.655 bits per heavy atom. The van der Waals surface area contributed by atoms with E-state index >= 15 is 0 Å². The maximum atomic E-state index is 12.3. The summed E-state index contributed by atoms with van der Waals surface area (Å²) in [5.74, 6) is 0. The Morgan fingerprint density at radius 3 is 1.52 bits per heavy atom. The topological polar surface area (TPSA) is 46.2 Å². The maximum absolute atomic E-state index is 12.3. The minimum atomic E-state index is -3.36. The van der Waals surface area contributed by atoms with Gasteiger partial charge in [0, 0.05) is 6.54 Å². The summed E-state index contributed by atoms with van der Waals surface area (Å²) in [5, 5.41) is 0. The Kier molecular flexibility index (Phi) is 15.2. The first-order valence-corrected chi connectivity index (χ1v) is 13.6. The first-order chi connectivity index (χ1) is 14.1. The fourth-order valence-electron chi connectivity index (χ4n) is 3.82. The van der Waals surface area contributed by atoms with Gasteiger partial charge in [0.25, 0.3) is 0 Å². The van der Waals surface area contributed by atoms with Crippen LogP contribution in [0.3, 0.4) is 0 Å². The van der Waals surface area contributed by atoms with Crippen molar-refractivity contribution < 1.29 is 8.42 Å². The lowest BCUT2D eigenvalue weighted by molar-refractivity contribution is 0.528. The highest BCUT2D eigenvalue weighted by atomic mass is 32.2. The molecular weight excluding hydrogens is 378 g/mol. The first-order valence-electron chi connectivity index (χ1n) is 12.1. The molecule has 4 heteroatoms. The minimum Gasteiger partial charge on any atom is -0.211 e. The smallest absolute Gasteiger partial charge is 0.211 e. The molecule has 1 N–H and O–H groups in total. The second-order valence-corrected chi connectivity index (χ2v) is 10.2. The molecule has 1 aromatic carbocycles. The molecule has 0 atom stereocenters. The predicted molar refractivity (Wildman–Crippen MR) is 126 cm³/mol. The molecule has 0 saturated heterocycles. The van der Waals surface area contributed by atoms with Crippen LogP contribution in [0.4, 0.5) is 0 Å². The summed E-state index contributed by atoms with van der Waals surface area (Å²) in [6, 6.07) is 7.15. The Labute approximate surface area is 181 Å². The lowest BCUT2D eigenvalue weighted by atomic mass is 10.0. The standard InChI is InChI=1S/C25H45NO2S/c1-3-4-5-6-7-8-9-10-11-12-13-14-15-16-17-20-23-26-29(27,28)25-22-19-18-21-24(25)2/h18-19,21-22,26H,3-17,20,23H2,1-2H3. The zero-order chi connectivity index (χ0) is 21.2. The van der Waals surface area contributed by atoms with Gasteiger partial charge in [0.15, 0.2) is 0 Å². The molecule has 0 amide bonds. The number of aryl methyl sites for hydroxylation is 1. The van der Waals surface area contributed by atoms with Gasteiger partial charge in [-0.3, -0.25) is 0 Å². The van der Waals surface area contributed by atoms with Crippen molar-refractivity contribution >= 4 is 10.0 Å². The van der Waals surface area contributed by atoms with Gasteiger partial charge in [-0.2, -0.15) is 0 Å². The zero-order valence-corrected chi connectivity index (χ0v) is 19.9. The summed E-state index contributed by atoms with van der Waals surface area (Å²) in [6.07, 6.45) is 21.3. The molecule has 0 heterocycles. The maximum Gasteiger partial charge on any atom is 0.240 e. The Morgan fingerprint density at radius 2 is 1.07 bits per heavy atom. The van der Waals surface area contributed by atoms with Gasteiger partial charge in [-0.15, -0.1) is 0 Å². The molecule has 0 unspecified atom stereocenters. The van der Waals surface area contributed by atoms with Crippen LogP contribution in [0, 0.1) is 6.92 Å². The van der Waals surface area contributed by atoms with Crippen molar-refractivity contribution in [1.29, 1.82) is 0 Å². The van der Waals surface area contributed by atoms with E-state index in [-0.39, 0.29) is 0 Å². The van der Waals surface area contributed by atoms with E-state index in [0.29, 0.717) is 11.4 Å². The van der Waals surface area contributed by atoms with E-state index < -0.39 is 10.0 Å².